The Bertz CT molecular complexity index is 690. The van der Waals surface area contributed by atoms with Gasteiger partial charge < -0.3 is 15.3 Å². The lowest BCUT2D eigenvalue weighted by molar-refractivity contribution is -0.149. The molecule has 1 aromatic rings. The van der Waals surface area contributed by atoms with Crippen LogP contribution >= 0.6 is 0 Å². The molecule has 0 radical (unpaired) electrons. The molecule has 1 saturated heterocycles. The van der Waals surface area contributed by atoms with Crippen molar-refractivity contribution >= 4 is 17.8 Å². The number of carboxylic acid groups (broad SMARTS) is 1. The highest BCUT2D eigenvalue weighted by Crippen LogP contribution is 2.30. The third kappa shape index (κ3) is 4.46. The number of carbonyl (C=O) groups is 3. The topological polar surface area (TPSA) is 86.7 Å². The quantitative estimate of drug-likeness (QED) is 0.826. The van der Waals surface area contributed by atoms with Crippen LogP contribution in [0.4, 0.5) is 4.39 Å². The summed E-state index contributed by atoms with van der Waals surface area (Å²) in [5.74, 6) is -2.13. The predicted molar refractivity (Wildman–Crippen MR) is 96.9 cm³/mol. The van der Waals surface area contributed by atoms with E-state index in [2.05, 4.69) is 5.32 Å². The molecule has 2 amide bonds. The zero-order valence-electron chi connectivity index (χ0n) is 15.1. The summed E-state index contributed by atoms with van der Waals surface area (Å²) in [5, 5.41) is 12.2. The number of likely N-dealkylation sites (tertiary alicyclic amines) is 1. The minimum atomic E-state index is -1.35. The van der Waals surface area contributed by atoms with E-state index in [0.717, 1.165) is 37.0 Å². The number of benzene rings is 1. The molecule has 27 heavy (non-hydrogen) atoms. The van der Waals surface area contributed by atoms with Crippen molar-refractivity contribution in [2.45, 2.75) is 56.8 Å². The molecule has 146 valence electrons. The van der Waals surface area contributed by atoms with Crippen LogP contribution in [0.2, 0.25) is 0 Å². The van der Waals surface area contributed by atoms with Crippen LogP contribution in [-0.4, -0.2) is 52.6 Å². The van der Waals surface area contributed by atoms with Gasteiger partial charge >= 0.3 is 5.97 Å². The SMILES string of the molecule is O=C(N[C@@H](C(=O)N1C[C@@H](F)C[C@H]1C(=O)O)C1CCCCC1)c1ccccc1. The second-order valence-electron chi connectivity index (χ2n) is 7.39. The van der Waals surface area contributed by atoms with Crippen LogP contribution in [0.1, 0.15) is 48.9 Å². The lowest BCUT2D eigenvalue weighted by atomic mass is 9.83. The molecular formula is C20H25FN2O4. The first-order chi connectivity index (χ1) is 13.0. The van der Waals surface area contributed by atoms with Crippen LogP contribution < -0.4 is 5.32 Å². The maximum Gasteiger partial charge on any atom is 0.326 e. The fourth-order valence-electron chi connectivity index (χ4n) is 4.10. The van der Waals surface area contributed by atoms with Crippen molar-refractivity contribution in [3.05, 3.63) is 35.9 Å². The zero-order chi connectivity index (χ0) is 19.4. The lowest BCUT2D eigenvalue weighted by Gasteiger charge is -2.34. The molecule has 1 aromatic carbocycles. The summed E-state index contributed by atoms with van der Waals surface area (Å²) < 4.78 is 13.8. The molecule has 1 saturated carbocycles. The third-order valence-corrected chi connectivity index (χ3v) is 5.53. The molecule has 3 rings (SSSR count). The highest BCUT2D eigenvalue weighted by molar-refractivity contribution is 5.98. The molecule has 3 atom stereocenters. The van der Waals surface area contributed by atoms with Crippen LogP contribution in [0, 0.1) is 5.92 Å². The Morgan fingerprint density at radius 1 is 1.11 bits per heavy atom. The molecule has 0 bridgehead atoms. The predicted octanol–water partition coefficient (Wildman–Crippen LogP) is 2.39. The zero-order valence-corrected chi connectivity index (χ0v) is 15.1. The smallest absolute Gasteiger partial charge is 0.326 e. The number of amides is 2. The van der Waals surface area contributed by atoms with Gasteiger partial charge in [0.15, 0.2) is 0 Å². The minimum Gasteiger partial charge on any atom is -0.480 e. The largest absolute Gasteiger partial charge is 0.480 e. The van der Waals surface area contributed by atoms with Crippen molar-refractivity contribution in [1.29, 1.82) is 0 Å². The van der Waals surface area contributed by atoms with E-state index in [1.165, 1.54) is 0 Å². The van der Waals surface area contributed by atoms with Gasteiger partial charge in [-0.1, -0.05) is 37.5 Å². The van der Waals surface area contributed by atoms with Gasteiger partial charge in [-0.15, -0.1) is 0 Å². The van der Waals surface area contributed by atoms with E-state index in [0.29, 0.717) is 5.56 Å². The molecule has 6 nitrogen and oxygen atoms in total. The number of nitrogens with zero attached hydrogens (tertiary/aromatic N) is 1. The Kier molecular flexibility index (Phi) is 6.08. The normalized spacial score (nSPS) is 24.4. The summed E-state index contributed by atoms with van der Waals surface area (Å²) in [4.78, 5) is 38.3. The van der Waals surface area contributed by atoms with Crippen molar-refractivity contribution in [3.63, 3.8) is 0 Å². The number of carbonyl (C=O) groups excluding carboxylic acids is 2. The van der Waals surface area contributed by atoms with Gasteiger partial charge in [-0.2, -0.15) is 0 Å². The molecule has 1 aliphatic heterocycles. The highest BCUT2D eigenvalue weighted by Gasteiger charge is 2.44. The minimum absolute atomic E-state index is 0.0629. The van der Waals surface area contributed by atoms with Gasteiger partial charge in [-0.05, 0) is 30.9 Å². The Morgan fingerprint density at radius 2 is 1.78 bits per heavy atom. The fraction of sp³-hybridized carbons (Fsp3) is 0.550. The first-order valence-corrected chi connectivity index (χ1v) is 9.50. The van der Waals surface area contributed by atoms with Crippen molar-refractivity contribution in [3.8, 4) is 0 Å². The monoisotopic (exact) mass is 376 g/mol. The van der Waals surface area contributed by atoms with Gasteiger partial charge in [-0.25, -0.2) is 9.18 Å². The number of hydrogen-bond acceptors (Lipinski definition) is 3. The van der Waals surface area contributed by atoms with Gasteiger partial charge in [0.05, 0.1) is 6.54 Å². The number of carboxylic acids is 1. The summed E-state index contributed by atoms with van der Waals surface area (Å²) in [7, 11) is 0. The van der Waals surface area contributed by atoms with E-state index in [4.69, 9.17) is 0 Å². The number of hydrogen-bond donors (Lipinski definition) is 2. The van der Waals surface area contributed by atoms with Gasteiger partial charge in [-0.3, -0.25) is 9.59 Å². The molecule has 1 aliphatic carbocycles. The number of halogens is 1. The van der Waals surface area contributed by atoms with Crippen molar-refractivity contribution in [1.82, 2.24) is 10.2 Å². The maximum absolute atomic E-state index is 13.8. The standard InChI is InChI=1S/C20H25FN2O4/c21-15-11-16(20(26)27)23(12-15)19(25)17(13-7-3-1-4-8-13)22-18(24)14-9-5-2-6-10-14/h2,5-6,9-10,13,15-17H,1,3-4,7-8,11-12H2,(H,22,24)(H,26,27)/t15-,16-,17+/m0/s1. The lowest BCUT2D eigenvalue weighted by Crippen LogP contribution is -2.55. The molecule has 0 unspecified atom stereocenters. The van der Waals surface area contributed by atoms with E-state index in [9.17, 15) is 23.9 Å². The van der Waals surface area contributed by atoms with Crippen molar-refractivity contribution in [2.75, 3.05) is 6.54 Å². The van der Waals surface area contributed by atoms with Gasteiger partial charge in [0.1, 0.15) is 18.3 Å². The van der Waals surface area contributed by atoms with Crippen LogP contribution in [0.3, 0.4) is 0 Å². The number of rotatable bonds is 5. The molecule has 1 heterocycles. The summed E-state index contributed by atoms with van der Waals surface area (Å²) in [5.41, 5.74) is 0.436. The molecule has 0 spiro atoms. The Morgan fingerprint density at radius 3 is 2.41 bits per heavy atom. The molecule has 2 aliphatic rings. The van der Waals surface area contributed by atoms with Crippen LogP contribution in [-0.2, 0) is 9.59 Å². The van der Waals surface area contributed by atoms with E-state index in [1.54, 1.807) is 30.3 Å². The van der Waals surface area contributed by atoms with Crippen molar-refractivity contribution < 1.29 is 23.9 Å². The Hall–Kier alpha value is -2.44. The molecular weight excluding hydrogens is 351 g/mol. The van der Waals surface area contributed by atoms with E-state index >= 15 is 0 Å². The molecule has 2 N–H and O–H groups in total. The fourth-order valence-corrected chi connectivity index (χ4v) is 4.10. The highest BCUT2D eigenvalue weighted by atomic mass is 19.1. The number of nitrogens with one attached hydrogen (secondary N) is 1. The Balaban J connectivity index is 1.81. The van der Waals surface area contributed by atoms with Crippen LogP contribution in [0.5, 0.6) is 0 Å². The second kappa shape index (κ2) is 8.50. The second-order valence-corrected chi connectivity index (χ2v) is 7.39. The maximum atomic E-state index is 13.8. The molecule has 7 heteroatoms. The van der Waals surface area contributed by atoms with Crippen LogP contribution in [0.15, 0.2) is 30.3 Å². The van der Waals surface area contributed by atoms with Gasteiger partial charge in [0, 0.05) is 12.0 Å². The molecule has 0 aromatic heterocycles. The van der Waals surface area contributed by atoms with E-state index in [-0.39, 0.29) is 24.8 Å². The van der Waals surface area contributed by atoms with E-state index < -0.39 is 30.1 Å². The summed E-state index contributed by atoms with van der Waals surface area (Å²) >= 11 is 0. The van der Waals surface area contributed by atoms with E-state index in [1.807, 2.05) is 0 Å². The third-order valence-electron chi connectivity index (χ3n) is 5.53. The molecule has 2 fully saturated rings. The summed E-state index contributed by atoms with van der Waals surface area (Å²) in [6.45, 7) is -0.236. The average molecular weight is 376 g/mol. The van der Waals surface area contributed by atoms with Gasteiger partial charge in [0.2, 0.25) is 5.91 Å². The summed E-state index contributed by atoms with van der Waals surface area (Å²) in [6.07, 6.45) is 3.02. The average Bonchev–Trinajstić information content (AvgIpc) is 3.09. The first kappa shape index (κ1) is 19.3. The van der Waals surface area contributed by atoms with Crippen LogP contribution in [0.25, 0.3) is 0 Å². The number of aliphatic carboxylic acids is 1. The van der Waals surface area contributed by atoms with Gasteiger partial charge in [0.25, 0.3) is 5.91 Å². The summed E-state index contributed by atoms with van der Waals surface area (Å²) in [6, 6.07) is 6.58. The van der Waals surface area contributed by atoms with Crippen molar-refractivity contribution in [2.24, 2.45) is 5.92 Å². The Labute approximate surface area is 157 Å². The first-order valence-electron chi connectivity index (χ1n) is 9.50. The number of alkyl halides is 1.